The average molecular weight is 412 g/mol. The summed E-state index contributed by atoms with van der Waals surface area (Å²) < 4.78 is 27.6. The van der Waals surface area contributed by atoms with Crippen LogP contribution in [0.25, 0.3) is 11.1 Å². The van der Waals surface area contributed by atoms with E-state index in [1.165, 1.54) is 42.5 Å². The molecule has 7 nitrogen and oxygen atoms in total. The highest BCUT2D eigenvalue weighted by Crippen LogP contribution is 2.33. The van der Waals surface area contributed by atoms with Crippen molar-refractivity contribution >= 4 is 43.6 Å². The normalized spacial score (nSPS) is 10.9. The van der Waals surface area contributed by atoms with E-state index in [9.17, 15) is 18.5 Å². The third-order valence-electron chi connectivity index (χ3n) is 3.86. The van der Waals surface area contributed by atoms with Crippen LogP contribution in [0.3, 0.4) is 0 Å². The molecule has 0 unspecified atom stereocenters. The smallest absolute Gasteiger partial charge is 0.261 e. The SMILES string of the molecule is CC(=O)Nc1ccc(S(=O)(=O)Nc2ccc(-c3csc(N)c3C#N)cc2)cc1. The summed E-state index contributed by atoms with van der Waals surface area (Å²) >= 11 is 1.28. The fourth-order valence-corrected chi connectivity index (χ4v) is 4.38. The number of nitrogens with zero attached hydrogens (tertiary/aromatic N) is 1. The van der Waals surface area contributed by atoms with Crippen molar-refractivity contribution in [3.05, 3.63) is 59.5 Å². The first kappa shape index (κ1) is 19.4. The first-order chi connectivity index (χ1) is 13.3. The van der Waals surface area contributed by atoms with Crippen molar-refractivity contribution in [2.45, 2.75) is 11.8 Å². The van der Waals surface area contributed by atoms with Gasteiger partial charge < -0.3 is 11.1 Å². The fourth-order valence-electron chi connectivity index (χ4n) is 2.55. The zero-order valence-electron chi connectivity index (χ0n) is 14.8. The van der Waals surface area contributed by atoms with Crippen LogP contribution >= 0.6 is 11.3 Å². The summed E-state index contributed by atoms with van der Waals surface area (Å²) in [4.78, 5) is 11.1. The Bertz CT molecular complexity index is 1160. The number of nitrogens with two attached hydrogens (primary N) is 1. The van der Waals surface area contributed by atoms with Gasteiger partial charge in [0, 0.05) is 29.2 Å². The molecule has 2 aromatic carbocycles. The van der Waals surface area contributed by atoms with E-state index in [1.54, 1.807) is 29.6 Å². The number of carbonyl (C=O) groups is 1. The van der Waals surface area contributed by atoms with Gasteiger partial charge in [0.25, 0.3) is 10.0 Å². The van der Waals surface area contributed by atoms with Crippen LogP contribution < -0.4 is 15.8 Å². The van der Waals surface area contributed by atoms with Gasteiger partial charge in [-0.05, 0) is 42.0 Å². The van der Waals surface area contributed by atoms with Gasteiger partial charge >= 0.3 is 0 Å². The number of nitrogens with one attached hydrogen (secondary N) is 2. The highest BCUT2D eigenvalue weighted by atomic mass is 32.2. The Morgan fingerprint density at radius 2 is 1.68 bits per heavy atom. The monoisotopic (exact) mass is 412 g/mol. The molecule has 0 bridgehead atoms. The van der Waals surface area contributed by atoms with Gasteiger partial charge in [-0.15, -0.1) is 11.3 Å². The topological polar surface area (TPSA) is 125 Å². The molecule has 0 aliphatic heterocycles. The van der Waals surface area contributed by atoms with Crippen LogP contribution in [0, 0.1) is 11.3 Å². The lowest BCUT2D eigenvalue weighted by Crippen LogP contribution is -2.13. The second kappa shape index (κ2) is 7.72. The number of nitrogen functional groups attached to an aromatic ring is 1. The number of sulfonamides is 1. The number of thiophene rings is 1. The minimum absolute atomic E-state index is 0.0723. The zero-order chi connectivity index (χ0) is 20.3. The summed E-state index contributed by atoms with van der Waals surface area (Å²) in [6, 6.07) is 14.6. The summed E-state index contributed by atoms with van der Waals surface area (Å²) in [6.07, 6.45) is 0. The maximum absolute atomic E-state index is 12.5. The molecule has 0 atom stereocenters. The van der Waals surface area contributed by atoms with Crippen molar-refractivity contribution in [1.29, 1.82) is 5.26 Å². The number of rotatable bonds is 5. The molecule has 1 amide bonds. The van der Waals surface area contributed by atoms with Crippen molar-refractivity contribution in [2.24, 2.45) is 0 Å². The van der Waals surface area contributed by atoms with Crippen LogP contribution in [0.1, 0.15) is 12.5 Å². The number of benzene rings is 2. The molecule has 0 saturated heterocycles. The fraction of sp³-hybridized carbons (Fsp3) is 0.0526. The van der Waals surface area contributed by atoms with Gasteiger partial charge in [0.05, 0.1) is 10.5 Å². The molecule has 142 valence electrons. The van der Waals surface area contributed by atoms with Gasteiger partial charge in [-0.1, -0.05) is 12.1 Å². The summed E-state index contributed by atoms with van der Waals surface area (Å²) in [7, 11) is -3.78. The van der Waals surface area contributed by atoms with Gasteiger partial charge in [-0.2, -0.15) is 5.26 Å². The lowest BCUT2D eigenvalue weighted by Gasteiger charge is -2.10. The molecule has 0 saturated carbocycles. The highest BCUT2D eigenvalue weighted by Gasteiger charge is 2.15. The molecule has 1 aromatic heterocycles. The highest BCUT2D eigenvalue weighted by molar-refractivity contribution is 7.92. The number of hydrogen-bond acceptors (Lipinski definition) is 6. The van der Waals surface area contributed by atoms with E-state index in [4.69, 9.17) is 5.73 Å². The van der Waals surface area contributed by atoms with Crippen LogP contribution in [-0.2, 0) is 14.8 Å². The molecule has 0 aliphatic carbocycles. The van der Waals surface area contributed by atoms with Crippen molar-refractivity contribution in [1.82, 2.24) is 0 Å². The van der Waals surface area contributed by atoms with Crippen molar-refractivity contribution in [2.75, 3.05) is 15.8 Å². The molecular weight excluding hydrogens is 396 g/mol. The Kier molecular flexibility index (Phi) is 5.35. The van der Waals surface area contributed by atoms with Crippen LogP contribution in [0.5, 0.6) is 0 Å². The Labute approximate surface area is 166 Å². The first-order valence-corrected chi connectivity index (χ1v) is 10.4. The van der Waals surface area contributed by atoms with Crippen LogP contribution in [0.4, 0.5) is 16.4 Å². The average Bonchev–Trinajstić information content (AvgIpc) is 3.02. The van der Waals surface area contributed by atoms with Crippen LogP contribution in [-0.4, -0.2) is 14.3 Å². The number of carbonyl (C=O) groups excluding carboxylic acids is 1. The third kappa shape index (κ3) is 4.14. The van der Waals surface area contributed by atoms with E-state index in [2.05, 4.69) is 16.1 Å². The van der Waals surface area contributed by atoms with E-state index in [-0.39, 0.29) is 10.8 Å². The molecule has 3 rings (SSSR count). The molecule has 1 heterocycles. The standard InChI is InChI=1S/C19H16N4O3S2/c1-12(24)22-14-6-8-16(9-7-14)28(25,26)23-15-4-2-13(3-5-15)18-11-27-19(21)17(18)10-20/h2-9,11,23H,21H2,1H3,(H,22,24). The van der Waals surface area contributed by atoms with Gasteiger partial charge in [0.2, 0.25) is 5.91 Å². The first-order valence-electron chi connectivity index (χ1n) is 8.08. The minimum atomic E-state index is -3.78. The molecular formula is C19H16N4O3S2. The molecule has 3 aromatic rings. The Morgan fingerprint density at radius 1 is 1.07 bits per heavy atom. The minimum Gasteiger partial charge on any atom is -0.389 e. The summed E-state index contributed by atoms with van der Waals surface area (Å²) in [6.45, 7) is 1.37. The second-order valence-corrected chi connectivity index (χ2v) is 8.48. The van der Waals surface area contributed by atoms with Crippen molar-refractivity contribution < 1.29 is 13.2 Å². The molecule has 0 radical (unpaired) electrons. The number of hydrogen-bond donors (Lipinski definition) is 3. The van der Waals surface area contributed by atoms with E-state index >= 15 is 0 Å². The zero-order valence-corrected chi connectivity index (χ0v) is 16.4. The van der Waals surface area contributed by atoms with Gasteiger partial charge in [-0.25, -0.2) is 8.42 Å². The summed E-state index contributed by atoms with van der Waals surface area (Å²) in [5.41, 5.74) is 8.58. The van der Waals surface area contributed by atoms with E-state index in [0.29, 0.717) is 27.5 Å². The summed E-state index contributed by atoms with van der Waals surface area (Å²) in [5, 5.41) is 14.0. The third-order valence-corrected chi connectivity index (χ3v) is 6.07. The van der Waals surface area contributed by atoms with Crippen molar-refractivity contribution in [3.8, 4) is 17.2 Å². The molecule has 0 spiro atoms. The molecule has 28 heavy (non-hydrogen) atoms. The number of amides is 1. The predicted molar refractivity (Wildman–Crippen MR) is 110 cm³/mol. The lowest BCUT2D eigenvalue weighted by atomic mass is 10.0. The number of nitriles is 1. The molecule has 9 heteroatoms. The number of anilines is 3. The quantitative estimate of drug-likeness (QED) is 0.590. The Hall–Kier alpha value is -3.35. The van der Waals surface area contributed by atoms with Crippen molar-refractivity contribution in [3.63, 3.8) is 0 Å². The van der Waals surface area contributed by atoms with Gasteiger partial charge in [0.15, 0.2) is 0 Å². The Balaban J connectivity index is 1.79. The van der Waals surface area contributed by atoms with Gasteiger partial charge in [0.1, 0.15) is 11.1 Å². The summed E-state index contributed by atoms with van der Waals surface area (Å²) in [5.74, 6) is -0.235. The van der Waals surface area contributed by atoms with E-state index < -0.39 is 10.0 Å². The molecule has 0 aliphatic rings. The molecule has 4 N–H and O–H groups in total. The van der Waals surface area contributed by atoms with Gasteiger partial charge in [-0.3, -0.25) is 9.52 Å². The van der Waals surface area contributed by atoms with E-state index in [0.717, 1.165) is 5.56 Å². The van der Waals surface area contributed by atoms with Crippen LogP contribution in [0.15, 0.2) is 58.8 Å². The largest absolute Gasteiger partial charge is 0.389 e. The lowest BCUT2D eigenvalue weighted by molar-refractivity contribution is -0.114. The predicted octanol–water partition coefficient (Wildman–Crippen LogP) is 3.63. The molecule has 0 fully saturated rings. The van der Waals surface area contributed by atoms with E-state index in [1.807, 2.05) is 0 Å². The van der Waals surface area contributed by atoms with Crippen LogP contribution in [0.2, 0.25) is 0 Å². The maximum Gasteiger partial charge on any atom is 0.261 e. The Morgan fingerprint density at radius 3 is 2.25 bits per heavy atom. The maximum atomic E-state index is 12.5. The second-order valence-electron chi connectivity index (χ2n) is 5.89.